The third-order valence-electron chi connectivity index (χ3n) is 4.68. The number of carbonyl (C=O) groups is 1. The molecular formula is C21H18ClN3O3S. The minimum atomic E-state index is -0.217. The number of nitrogens with one attached hydrogen (secondary N) is 1. The smallest absolute Gasteiger partial charge is 0.251 e. The molecule has 0 saturated heterocycles. The fourth-order valence-corrected chi connectivity index (χ4v) is 4.46. The van der Waals surface area contributed by atoms with Crippen molar-refractivity contribution in [3.63, 3.8) is 0 Å². The van der Waals surface area contributed by atoms with Crippen molar-refractivity contribution in [2.24, 2.45) is 0 Å². The average molecular weight is 428 g/mol. The molecule has 0 spiro atoms. The Bertz CT molecular complexity index is 1300. The van der Waals surface area contributed by atoms with E-state index in [0.29, 0.717) is 21.4 Å². The zero-order chi connectivity index (χ0) is 20.5. The van der Waals surface area contributed by atoms with E-state index >= 15 is 0 Å². The largest absolute Gasteiger partial charge is 0.495 e. The van der Waals surface area contributed by atoms with Gasteiger partial charge in [-0.2, -0.15) is 0 Å². The first-order valence-corrected chi connectivity index (χ1v) is 10.2. The lowest BCUT2D eigenvalue weighted by Gasteiger charge is -2.14. The summed E-state index contributed by atoms with van der Waals surface area (Å²) in [5.41, 5.74) is 2.18. The van der Waals surface area contributed by atoms with Crippen LogP contribution in [0.2, 0.25) is 5.02 Å². The molecule has 148 valence electrons. The lowest BCUT2D eigenvalue weighted by molar-refractivity contribution is -0.116. The van der Waals surface area contributed by atoms with Crippen LogP contribution < -0.4 is 15.6 Å². The number of nitrogens with zero attached hydrogens (tertiary/aromatic N) is 2. The van der Waals surface area contributed by atoms with Crippen LogP contribution in [0.25, 0.3) is 21.1 Å². The topological polar surface area (TPSA) is 73.2 Å². The molecule has 4 aromatic rings. The molecule has 2 aromatic carbocycles. The van der Waals surface area contributed by atoms with Crippen LogP contribution in [0, 0.1) is 6.92 Å². The number of ether oxygens (including phenoxy) is 1. The molecule has 2 aromatic heterocycles. The van der Waals surface area contributed by atoms with E-state index in [4.69, 9.17) is 16.3 Å². The summed E-state index contributed by atoms with van der Waals surface area (Å²) in [6.45, 7) is 2.12. The summed E-state index contributed by atoms with van der Waals surface area (Å²) in [7, 11) is 1.57. The summed E-state index contributed by atoms with van der Waals surface area (Å²) in [5.74, 6) is 0.387. The molecule has 1 N–H and O–H groups in total. The number of halogens is 1. The molecule has 0 fully saturated rings. The van der Waals surface area contributed by atoms with Crippen LogP contribution in [0.3, 0.4) is 0 Å². The van der Waals surface area contributed by atoms with Crippen molar-refractivity contribution in [1.82, 2.24) is 9.55 Å². The fraction of sp³-hybridized carbons (Fsp3) is 0.190. The third kappa shape index (κ3) is 3.83. The summed E-state index contributed by atoms with van der Waals surface area (Å²) in [6.07, 6.45) is 0.132. The molecule has 0 radical (unpaired) electrons. The van der Waals surface area contributed by atoms with Crippen molar-refractivity contribution < 1.29 is 9.53 Å². The van der Waals surface area contributed by atoms with Crippen LogP contribution in [0.1, 0.15) is 12.0 Å². The highest BCUT2D eigenvalue weighted by atomic mass is 35.5. The lowest BCUT2D eigenvalue weighted by Crippen LogP contribution is -2.24. The Morgan fingerprint density at radius 1 is 1.28 bits per heavy atom. The Labute approximate surface area is 175 Å². The molecular weight excluding hydrogens is 410 g/mol. The summed E-state index contributed by atoms with van der Waals surface area (Å²) in [4.78, 5) is 29.5. The van der Waals surface area contributed by atoms with E-state index < -0.39 is 0 Å². The van der Waals surface area contributed by atoms with E-state index in [-0.39, 0.29) is 24.4 Å². The molecule has 4 rings (SSSR count). The van der Waals surface area contributed by atoms with E-state index in [2.05, 4.69) is 10.3 Å². The van der Waals surface area contributed by atoms with Crippen LogP contribution in [0.5, 0.6) is 5.75 Å². The Morgan fingerprint density at radius 3 is 2.90 bits per heavy atom. The van der Waals surface area contributed by atoms with E-state index in [1.807, 2.05) is 37.3 Å². The normalized spacial score (nSPS) is 11.1. The first kappa shape index (κ1) is 19.4. The van der Waals surface area contributed by atoms with Gasteiger partial charge in [0, 0.05) is 29.4 Å². The molecule has 1 amide bonds. The Hall–Kier alpha value is -2.90. The van der Waals surface area contributed by atoms with Crippen molar-refractivity contribution in [3.05, 3.63) is 63.4 Å². The highest BCUT2D eigenvalue weighted by Crippen LogP contribution is 2.29. The molecule has 0 aliphatic carbocycles. The van der Waals surface area contributed by atoms with Gasteiger partial charge in [0.1, 0.15) is 5.75 Å². The molecule has 0 unspecified atom stereocenters. The number of pyridine rings is 1. The summed E-state index contributed by atoms with van der Waals surface area (Å²) in [6, 6.07) is 12.6. The van der Waals surface area contributed by atoms with Gasteiger partial charge < -0.3 is 14.6 Å². The number of aromatic nitrogens is 2. The summed E-state index contributed by atoms with van der Waals surface area (Å²) >= 11 is 7.36. The number of amides is 1. The maximum Gasteiger partial charge on any atom is 0.251 e. The van der Waals surface area contributed by atoms with Crippen LogP contribution in [-0.4, -0.2) is 22.6 Å². The highest BCUT2D eigenvalue weighted by molar-refractivity contribution is 7.22. The van der Waals surface area contributed by atoms with Gasteiger partial charge in [-0.05, 0) is 36.8 Å². The molecule has 2 heterocycles. The molecule has 0 aliphatic heterocycles. The number of aryl methyl sites for hydroxylation is 2. The quantitative estimate of drug-likeness (QED) is 0.504. The zero-order valence-electron chi connectivity index (χ0n) is 15.9. The average Bonchev–Trinajstić information content (AvgIpc) is 3.08. The Balaban J connectivity index is 1.57. The van der Waals surface area contributed by atoms with Gasteiger partial charge in [0.05, 0.1) is 22.8 Å². The SMILES string of the molecule is COc1cccc2c(C)cc(=O)n(CCC(=O)Nc3nc4ccc(Cl)cc4s3)c12. The zero-order valence-corrected chi connectivity index (χ0v) is 17.4. The van der Waals surface area contributed by atoms with Crippen molar-refractivity contribution in [1.29, 1.82) is 0 Å². The number of para-hydroxylation sites is 1. The van der Waals surface area contributed by atoms with E-state index in [9.17, 15) is 9.59 Å². The van der Waals surface area contributed by atoms with Crippen LogP contribution in [0.15, 0.2) is 47.3 Å². The number of benzene rings is 2. The number of rotatable bonds is 5. The molecule has 8 heteroatoms. The number of thiazole rings is 1. The number of anilines is 1. The minimum absolute atomic E-state index is 0.132. The van der Waals surface area contributed by atoms with Gasteiger partial charge in [-0.3, -0.25) is 9.59 Å². The number of hydrogen-bond acceptors (Lipinski definition) is 5. The third-order valence-corrected chi connectivity index (χ3v) is 5.85. The molecule has 29 heavy (non-hydrogen) atoms. The second-order valence-corrected chi connectivity index (χ2v) is 8.07. The van der Waals surface area contributed by atoms with Crippen LogP contribution in [-0.2, 0) is 11.3 Å². The van der Waals surface area contributed by atoms with Crippen molar-refractivity contribution in [2.45, 2.75) is 19.9 Å². The van der Waals surface area contributed by atoms with Gasteiger partial charge in [-0.15, -0.1) is 0 Å². The van der Waals surface area contributed by atoms with Gasteiger partial charge in [0.25, 0.3) is 5.56 Å². The second-order valence-electron chi connectivity index (χ2n) is 6.60. The number of fused-ring (bicyclic) bond motifs is 2. The molecule has 0 saturated carbocycles. The van der Waals surface area contributed by atoms with Crippen molar-refractivity contribution in [2.75, 3.05) is 12.4 Å². The number of hydrogen-bond donors (Lipinski definition) is 1. The second kappa shape index (κ2) is 7.85. The first-order valence-electron chi connectivity index (χ1n) is 8.99. The van der Waals surface area contributed by atoms with E-state index in [1.165, 1.54) is 11.3 Å². The van der Waals surface area contributed by atoms with E-state index in [1.54, 1.807) is 23.8 Å². The minimum Gasteiger partial charge on any atom is -0.495 e. The standard InChI is InChI=1S/C21H18ClN3O3S/c1-12-10-19(27)25(20-14(12)4-3-5-16(20)28-2)9-8-18(26)24-21-23-15-7-6-13(22)11-17(15)29-21/h3-7,10-11H,8-9H2,1-2H3,(H,23,24,26). The molecule has 0 atom stereocenters. The van der Waals surface area contributed by atoms with E-state index in [0.717, 1.165) is 21.2 Å². The fourth-order valence-electron chi connectivity index (χ4n) is 3.30. The van der Waals surface area contributed by atoms with Crippen LogP contribution >= 0.6 is 22.9 Å². The maximum atomic E-state index is 12.6. The first-order chi connectivity index (χ1) is 14.0. The Morgan fingerprint density at radius 2 is 2.10 bits per heavy atom. The number of methoxy groups -OCH3 is 1. The summed E-state index contributed by atoms with van der Waals surface area (Å²) in [5, 5.41) is 4.86. The van der Waals surface area contributed by atoms with Gasteiger partial charge in [-0.25, -0.2) is 4.98 Å². The maximum absolute atomic E-state index is 12.6. The monoisotopic (exact) mass is 427 g/mol. The van der Waals surface area contributed by atoms with Gasteiger partial charge in [0.15, 0.2) is 5.13 Å². The molecule has 0 aliphatic rings. The molecule has 6 nitrogen and oxygen atoms in total. The lowest BCUT2D eigenvalue weighted by atomic mass is 10.1. The predicted molar refractivity (Wildman–Crippen MR) is 117 cm³/mol. The van der Waals surface area contributed by atoms with Gasteiger partial charge in [-0.1, -0.05) is 35.1 Å². The molecule has 0 bridgehead atoms. The van der Waals surface area contributed by atoms with Crippen molar-refractivity contribution in [3.8, 4) is 5.75 Å². The van der Waals surface area contributed by atoms with Crippen LogP contribution in [0.4, 0.5) is 5.13 Å². The van der Waals surface area contributed by atoms with Gasteiger partial charge >= 0.3 is 0 Å². The number of carbonyl (C=O) groups excluding carboxylic acids is 1. The van der Waals surface area contributed by atoms with Gasteiger partial charge in [0.2, 0.25) is 5.91 Å². The highest BCUT2D eigenvalue weighted by Gasteiger charge is 2.13. The Kier molecular flexibility index (Phi) is 5.25. The summed E-state index contributed by atoms with van der Waals surface area (Å²) < 4.78 is 7.93. The predicted octanol–water partition coefficient (Wildman–Crippen LogP) is 4.61. The van der Waals surface area contributed by atoms with Crippen molar-refractivity contribution >= 4 is 55.1 Å².